The normalized spacial score (nSPS) is 16.5. The first-order valence-corrected chi connectivity index (χ1v) is 5.00. The molecule has 2 heterocycles. The highest BCUT2D eigenvalue weighted by molar-refractivity contribution is 5.81. The van der Waals surface area contributed by atoms with E-state index in [9.17, 15) is 9.90 Å². The highest BCUT2D eigenvalue weighted by Gasteiger charge is 2.08. The van der Waals surface area contributed by atoms with Gasteiger partial charge in [0.05, 0.1) is 24.3 Å². The molecule has 0 fully saturated rings. The Balaban J connectivity index is 2.07. The van der Waals surface area contributed by atoms with Gasteiger partial charge < -0.3 is 9.90 Å². The fraction of sp³-hybridized carbons (Fsp3) is 0.0909. The van der Waals surface area contributed by atoms with E-state index in [4.69, 9.17) is 0 Å². The molecular formula is C11H10N4O2. The van der Waals surface area contributed by atoms with Crippen molar-refractivity contribution in [3.63, 3.8) is 0 Å². The fourth-order valence-electron chi connectivity index (χ4n) is 1.30. The summed E-state index contributed by atoms with van der Waals surface area (Å²) < 4.78 is 1.54. The summed E-state index contributed by atoms with van der Waals surface area (Å²) in [5, 5.41) is 18.0. The van der Waals surface area contributed by atoms with Crippen molar-refractivity contribution in [1.82, 2.24) is 15.6 Å². The first-order valence-electron chi connectivity index (χ1n) is 5.00. The third-order valence-corrected chi connectivity index (χ3v) is 2.11. The predicted molar refractivity (Wildman–Crippen MR) is 58.2 cm³/mol. The molecule has 0 amide bonds. The topological polar surface area (TPSA) is 80.9 Å². The van der Waals surface area contributed by atoms with Crippen molar-refractivity contribution in [1.29, 1.82) is 0 Å². The lowest BCUT2D eigenvalue weighted by atomic mass is 10.2. The second-order valence-electron chi connectivity index (χ2n) is 3.32. The molecule has 0 atom stereocenters. The Morgan fingerprint density at radius 2 is 2.47 bits per heavy atom. The van der Waals surface area contributed by atoms with Gasteiger partial charge in [0.15, 0.2) is 12.4 Å². The SMILES string of the molecule is O=C([O-])CC=[N+]1C=CC(c2cccnn2)=CN1. The molecule has 1 N–H and O–H groups in total. The first kappa shape index (κ1) is 11.0. The average molecular weight is 230 g/mol. The van der Waals surface area contributed by atoms with Crippen LogP contribution in [0, 0.1) is 0 Å². The number of nitrogens with zero attached hydrogens (tertiary/aromatic N) is 3. The molecule has 0 spiro atoms. The average Bonchev–Trinajstić information content (AvgIpc) is 2.38. The number of carboxylic acids is 1. The summed E-state index contributed by atoms with van der Waals surface area (Å²) in [5.41, 5.74) is 4.51. The molecule has 0 saturated carbocycles. The lowest BCUT2D eigenvalue weighted by molar-refractivity contribution is -0.508. The predicted octanol–water partition coefficient (Wildman–Crippen LogP) is -0.927. The van der Waals surface area contributed by atoms with E-state index in [1.807, 2.05) is 12.1 Å². The monoisotopic (exact) mass is 230 g/mol. The van der Waals surface area contributed by atoms with E-state index in [2.05, 4.69) is 15.6 Å². The minimum atomic E-state index is -1.12. The molecule has 0 aromatic carbocycles. The molecule has 0 unspecified atom stereocenters. The summed E-state index contributed by atoms with van der Waals surface area (Å²) in [6.07, 6.45) is 8.15. The van der Waals surface area contributed by atoms with Crippen molar-refractivity contribution in [2.45, 2.75) is 6.42 Å². The molecule has 1 aromatic rings. The summed E-state index contributed by atoms with van der Waals surface area (Å²) in [6, 6.07) is 3.64. The van der Waals surface area contributed by atoms with Gasteiger partial charge in [0.2, 0.25) is 0 Å². The zero-order chi connectivity index (χ0) is 12.1. The van der Waals surface area contributed by atoms with E-state index in [-0.39, 0.29) is 6.42 Å². The smallest absolute Gasteiger partial charge is 0.200 e. The first-order chi connectivity index (χ1) is 8.25. The van der Waals surface area contributed by atoms with Gasteiger partial charge in [0.1, 0.15) is 0 Å². The van der Waals surface area contributed by atoms with E-state index in [1.54, 1.807) is 24.7 Å². The van der Waals surface area contributed by atoms with Gasteiger partial charge in [-0.2, -0.15) is 15.6 Å². The summed E-state index contributed by atoms with van der Waals surface area (Å²) in [4.78, 5) is 10.3. The van der Waals surface area contributed by atoms with Crippen LogP contribution in [0.5, 0.6) is 0 Å². The van der Waals surface area contributed by atoms with E-state index in [0.29, 0.717) is 0 Å². The number of nitrogens with one attached hydrogen (secondary N) is 1. The van der Waals surface area contributed by atoms with Gasteiger partial charge in [-0.25, -0.2) is 0 Å². The van der Waals surface area contributed by atoms with Crippen LogP contribution in [0.2, 0.25) is 0 Å². The van der Waals surface area contributed by atoms with Gasteiger partial charge in [-0.05, 0) is 12.1 Å². The fourth-order valence-corrected chi connectivity index (χ4v) is 1.30. The number of hydrazine groups is 1. The maximum absolute atomic E-state index is 10.3. The largest absolute Gasteiger partial charge is 0.550 e. The zero-order valence-corrected chi connectivity index (χ0v) is 8.91. The van der Waals surface area contributed by atoms with E-state index in [1.165, 1.54) is 10.9 Å². The zero-order valence-electron chi connectivity index (χ0n) is 8.91. The lowest BCUT2D eigenvalue weighted by Crippen LogP contribution is -2.27. The van der Waals surface area contributed by atoms with Gasteiger partial charge in [-0.3, -0.25) is 0 Å². The summed E-state index contributed by atoms with van der Waals surface area (Å²) >= 11 is 0. The molecule has 2 rings (SSSR count). The molecule has 6 nitrogen and oxygen atoms in total. The van der Waals surface area contributed by atoms with Gasteiger partial charge in [0.25, 0.3) is 0 Å². The molecule has 86 valence electrons. The summed E-state index contributed by atoms with van der Waals surface area (Å²) in [6.45, 7) is 0. The molecule has 0 saturated heterocycles. The third kappa shape index (κ3) is 2.97. The van der Waals surface area contributed by atoms with Crippen LogP contribution in [-0.2, 0) is 4.79 Å². The number of aromatic nitrogens is 2. The molecule has 0 aliphatic carbocycles. The molecule has 1 aromatic heterocycles. The van der Waals surface area contributed by atoms with Gasteiger partial charge in [0, 0.05) is 17.8 Å². The van der Waals surface area contributed by atoms with E-state index >= 15 is 0 Å². The Hall–Kier alpha value is -2.50. The maximum atomic E-state index is 10.3. The number of carbonyl (C=O) groups excluding carboxylic acids is 1. The number of aliphatic carboxylic acids is 1. The number of hydrogen-bond donors (Lipinski definition) is 1. The highest BCUT2D eigenvalue weighted by atomic mass is 16.4. The quantitative estimate of drug-likeness (QED) is 0.679. The van der Waals surface area contributed by atoms with Crippen molar-refractivity contribution in [3.8, 4) is 0 Å². The Bertz CT molecular complexity index is 505. The van der Waals surface area contributed by atoms with Crippen LogP contribution in [0.1, 0.15) is 12.1 Å². The number of carbonyl (C=O) groups is 1. The molecule has 1 aliphatic rings. The van der Waals surface area contributed by atoms with Crippen LogP contribution in [0.4, 0.5) is 0 Å². The van der Waals surface area contributed by atoms with Crippen LogP contribution in [0.15, 0.2) is 36.8 Å². The van der Waals surface area contributed by atoms with Crippen molar-refractivity contribution < 1.29 is 14.6 Å². The third-order valence-electron chi connectivity index (χ3n) is 2.11. The highest BCUT2D eigenvalue weighted by Crippen LogP contribution is 2.12. The van der Waals surface area contributed by atoms with Crippen molar-refractivity contribution >= 4 is 17.8 Å². The second-order valence-corrected chi connectivity index (χ2v) is 3.32. The van der Waals surface area contributed by atoms with Crippen LogP contribution < -0.4 is 10.5 Å². The molecule has 1 aliphatic heterocycles. The Morgan fingerprint density at radius 1 is 1.59 bits per heavy atom. The minimum Gasteiger partial charge on any atom is -0.550 e. The number of allylic oxidation sites excluding steroid dienone is 2. The van der Waals surface area contributed by atoms with Crippen LogP contribution in [0.25, 0.3) is 5.57 Å². The number of hydrazone groups is 1. The molecule has 6 heteroatoms. The second kappa shape index (κ2) is 5.02. The Morgan fingerprint density at radius 3 is 3.06 bits per heavy atom. The minimum absolute atomic E-state index is 0.147. The van der Waals surface area contributed by atoms with Crippen LogP contribution >= 0.6 is 0 Å². The Kier molecular flexibility index (Phi) is 3.25. The number of rotatable bonds is 3. The molecule has 0 radical (unpaired) electrons. The molecule has 17 heavy (non-hydrogen) atoms. The van der Waals surface area contributed by atoms with Crippen LogP contribution in [0.3, 0.4) is 0 Å². The summed E-state index contributed by atoms with van der Waals surface area (Å²) in [7, 11) is 0. The van der Waals surface area contributed by atoms with Crippen LogP contribution in [-0.4, -0.2) is 27.1 Å². The van der Waals surface area contributed by atoms with E-state index < -0.39 is 5.97 Å². The molecular weight excluding hydrogens is 220 g/mol. The lowest BCUT2D eigenvalue weighted by Gasteiger charge is -2.05. The number of carboxylic acid groups (broad SMARTS) is 1. The van der Waals surface area contributed by atoms with E-state index in [0.717, 1.165) is 11.3 Å². The van der Waals surface area contributed by atoms with Gasteiger partial charge >= 0.3 is 0 Å². The Labute approximate surface area is 97.6 Å². The van der Waals surface area contributed by atoms with Crippen molar-refractivity contribution in [2.24, 2.45) is 0 Å². The maximum Gasteiger partial charge on any atom is 0.200 e. The van der Waals surface area contributed by atoms with Gasteiger partial charge in [-0.1, -0.05) is 4.68 Å². The van der Waals surface area contributed by atoms with Crippen molar-refractivity contribution in [3.05, 3.63) is 42.5 Å². The number of hydrogen-bond acceptors (Lipinski definition) is 5. The molecule has 0 bridgehead atoms. The van der Waals surface area contributed by atoms with Crippen molar-refractivity contribution in [2.75, 3.05) is 0 Å². The standard InChI is InChI=1S/C11H10N4O2/c16-11(17)4-7-15-6-3-9(8-13-15)10-2-1-5-12-14-10/h1-3,5-8H,4H2,(H-,13,14,16,17). The van der Waals surface area contributed by atoms with Gasteiger partial charge in [-0.15, -0.1) is 0 Å². The summed E-state index contributed by atoms with van der Waals surface area (Å²) in [5.74, 6) is -1.12.